The van der Waals surface area contributed by atoms with Crippen molar-refractivity contribution in [1.29, 1.82) is 0 Å². The summed E-state index contributed by atoms with van der Waals surface area (Å²) in [6.45, 7) is 5.50. The van der Waals surface area contributed by atoms with E-state index in [0.717, 1.165) is 6.42 Å². The number of rotatable bonds is 9. The summed E-state index contributed by atoms with van der Waals surface area (Å²) < 4.78 is 28.5. The first-order valence-electron chi connectivity index (χ1n) is 7.08. The van der Waals surface area contributed by atoms with Crippen molar-refractivity contribution in [2.24, 2.45) is 0 Å². The van der Waals surface area contributed by atoms with Gasteiger partial charge in [-0.3, -0.25) is 4.68 Å². The number of sulfonamides is 1. The summed E-state index contributed by atoms with van der Waals surface area (Å²) in [6, 6.07) is -0.0961. The highest BCUT2D eigenvalue weighted by atomic mass is 35.5. The molecule has 21 heavy (non-hydrogen) atoms. The maximum absolute atomic E-state index is 12.7. The zero-order chi connectivity index (χ0) is 16.0. The van der Waals surface area contributed by atoms with Crippen LogP contribution in [0.4, 0.5) is 0 Å². The molecule has 1 aromatic rings. The predicted molar refractivity (Wildman–Crippen MR) is 85.1 cm³/mol. The highest BCUT2D eigenvalue weighted by Gasteiger charge is 2.29. The SMILES string of the molecule is CCN(C(C)CN(C)C)S(=O)(=O)c1cnn(CCCCl)c1. The lowest BCUT2D eigenvalue weighted by atomic mass is 10.3. The number of likely N-dealkylation sites (N-methyl/N-ethyl adjacent to an activating group) is 2. The predicted octanol–water partition coefficient (Wildman–Crippen LogP) is 1.47. The van der Waals surface area contributed by atoms with E-state index in [1.807, 2.05) is 32.8 Å². The number of nitrogens with zero attached hydrogens (tertiary/aromatic N) is 4. The molecule has 0 amide bonds. The van der Waals surface area contributed by atoms with Crippen molar-refractivity contribution < 1.29 is 8.42 Å². The number of alkyl halides is 1. The van der Waals surface area contributed by atoms with Crippen LogP contribution in [-0.2, 0) is 16.6 Å². The molecule has 122 valence electrons. The van der Waals surface area contributed by atoms with E-state index in [2.05, 4.69) is 5.10 Å². The van der Waals surface area contributed by atoms with Crippen LogP contribution in [0, 0.1) is 0 Å². The molecule has 0 aliphatic heterocycles. The Labute approximate surface area is 132 Å². The van der Waals surface area contributed by atoms with Crippen LogP contribution < -0.4 is 0 Å². The third-order valence-electron chi connectivity index (χ3n) is 3.17. The Morgan fingerprint density at radius 2 is 2.10 bits per heavy atom. The van der Waals surface area contributed by atoms with Crippen LogP contribution in [0.15, 0.2) is 17.3 Å². The maximum atomic E-state index is 12.7. The van der Waals surface area contributed by atoms with Gasteiger partial charge in [-0.1, -0.05) is 6.92 Å². The summed E-state index contributed by atoms with van der Waals surface area (Å²) in [6.07, 6.45) is 3.75. The van der Waals surface area contributed by atoms with Crippen LogP contribution >= 0.6 is 11.6 Å². The van der Waals surface area contributed by atoms with Crippen LogP contribution in [0.2, 0.25) is 0 Å². The number of hydrogen-bond donors (Lipinski definition) is 0. The Morgan fingerprint density at radius 3 is 2.62 bits per heavy atom. The van der Waals surface area contributed by atoms with Crippen molar-refractivity contribution in [3.05, 3.63) is 12.4 Å². The lowest BCUT2D eigenvalue weighted by Gasteiger charge is -2.28. The van der Waals surface area contributed by atoms with Crippen LogP contribution in [-0.4, -0.2) is 66.5 Å². The summed E-state index contributed by atoms with van der Waals surface area (Å²) in [4.78, 5) is 2.22. The van der Waals surface area contributed by atoms with Crippen LogP contribution in [0.1, 0.15) is 20.3 Å². The average molecular weight is 337 g/mol. The average Bonchev–Trinajstić information content (AvgIpc) is 2.85. The van der Waals surface area contributed by atoms with Gasteiger partial charge in [-0.25, -0.2) is 8.42 Å². The second-order valence-electron chi connectivity index (χ2n) is 5.30. The molecule has 0 bridgehead atoms. The van der Waals surface area contributed by atoms with Gasteiger partial charge in [0.2, 0.25) is 10.0 Å². The van der Waals surface area contributed by atoms with Crippen molar-refractivity contribution in [1.82, 2.24) is 19.0 Å². The zero-order valence-electron chi connectivity index (χ0n) is 13.2. The first kappa shape index (κ1) is 18.4. The maximum Gasteiger partial charge on any atom is 0.246 e. The lowest BCUT2D eigenvalue weighted by Crippen LogP contribution is -2.43. The molecule has 8 heteroatoms. The largest absolute Gasteiger partial charge is 0.308 e. The van der Waals surface area contributed by atoms with E-state index in [-0.39, 0.29) is 10.9 Å². The first-order chi connectivity index (χ1) is 9.82. The molecule has 6 nitrogen and oxygen atoms in total. The molecule has 1 rings (SSSR count). The van der Waals surface area contributed by atoms with Gasteiger partial charge in [0.25, 0.3) is 0 Å². The summed E-state index contributed by atoms with van der Waals surface area (Å²) >= 11 is 5.64. The highest BCUT2D eigenvalue weighted by molar-refractivity contribution is 7.89. The summed E-state index contributed by atoms with van der Waals surface area (Å²) in [5, 5.41) is 4.10. The second-order valence-corrected chi connectivity index (χ2v) is 7.57. The molecule has 0 saturated heterocycles. The van der Waals surface area contributed by atoms with Crippen molar-refractivity contribution in [2.45, 2.75) is 37.8 Å². The molecule has 0 N–H and O–H groups in total. The number of hydrogen-bond acceptors (Lipinski definition) is 4. The Kier molecular flexibility index (Phi) is 7.12. The third kappa shape index (κ3) is 4.95. The van der Waals surface area contributed by atoms with Crippen molar-refractivity contribution in [3.63, 3.8) is 0 Å². The smallest absolute Gasteiger partial charge is 0.246 e. The van der Waals surface area contributed by atoms with Crippen LogP contribution in [0.25, 0.3) is 0 Å². The highest BCUT2D eigenvalue weighted by Crippen LogP contribution is 2.18. The van der Waals surface area contributed by atoms with Gasteiger partial charge >= 0.3 is 0 Å². The minimum absolute atomic E-state index is 0.0961. The molecule has 0 aliphatic carbocycles. The molecule has 0 radical (unpaired) electrons. The molecule has 0 saturated carbocycles. The van der Waals surface area contributed by atoms with E-state index >= 15 is 0 Å². The van der Waals surface area contributed by atoms with Crippen molar-refractivity contribution in [3.8, 4) is 0 Å². The van der Waals surface area contributed by atoms with E-state index in [0.29, 0.717) is 25.5 Å². The van der Waals surface area contributed by atoms with Gasteiger partial charge in [0.05, 0.1) is 6.20 Å². The van der Waals surface area contributed by atoms with Crippen LogP contribution in [0.5, 0.6) is 0 Å². The molecule has 0 spiro atoms. The molecular formula is C13H25ClN4O2S. The van der Waals surface area contributed by atoms with E-state index in [1.165, 1.54) is 10.5 Å². The van der Waals surface area contributed by atoms with E-state index in [9.17, 15) is 8.42 Å². The molecule has 1 aromatic heterocycles. The Balaban J connectivity index is 2.93. The van der Waals surface area contributed by atoms with Gasteiger partial charge < -0.3 is 4.90 Å². The van der Waals surface area contributed by atoms with Gasteiger partial charge in [-0.15, -0.1) is 11.6 Å². The van der Waals surface area contributed by atoms with Gasteiger partial charge in [-0.2, -0.15) is 9.40 Å². The fourth-order valence-electron chi connectivity index (χ4n) is 2.30. The summed E-state index contributed by atoms with van der Waals surface area (Å²) in [5.41, 5.74) is 0. The third-order valence-corrected chi connectivity index (χ3v) is 5.48. The second kappa shape index (κ2) is 8.12. The fraction of sp³-hybridized carbons (Fsp3) is 0.769. The topological polar surface area (TPSA) is 58.4 Å². The monoisotopic (exact) mass is 336 g/mol. The molecule has 0 fully saturated rings. The van der Waals surface area contributed by atoms with E-state index in [1.54, 1.807) is 10.9 Å². The quantitative estimate of drug-likeness (QED) is 0.641. The molecule has 1 unspecified atom stereocenters. The Morgan fingerprint density at radius 1 is 1.43 bits per heavy atom. The molecule has 1 atom stereocenters. The van der Waals surface area contributed by atoms with Gasteiger partial charge in [0.15, 0.2) is 0 Å². The number of aryl methyl sites for hydroxylation is 1. The molecular weight excluding hydrogens is 312 g/mol. The summed E-state index contributed by atoms with van der Waals surface area (Å²) in [7, 11) is 0.354. The minimum atomic E-state index is -3.51. The Bertz CT molecular complexity index is 530. The Hall–Kier alpha value is -0.630. The minimum Gasteiger partial charge on any atom is -0.308 e. The zero-order valence-corrected chi connectivity index (χ0v) is 14.7. The van der Waals surface area contributed by atoms with Gasteiger partial charge in [0, 0.05) is 37.8 Å². The van der Waals surface area contributed by atoms with Crippen LogP contribution in [0.3, 0.4) is 0 Å². The van der Waals surface area contributed by atoms with E-state index in [4.69, 9.17) is 11.6 Å². The van der Waals surface area contributed by atoms with Crippen molar-refractivity contribution in [2.75, 3.05) is 33.1 Å². The van der Waals surface area contributed by atoms with E-state index < -0.39 is 10.0 Å². The van der Waals surface area contributed by atoms with Gasteiger partial charge in [-0.05, 0) is 27.4 Å². The van der Waals surface area contributed by atoms with Gasteiger partial charge in [0.1, 0.15) is 4.90 Å². The number of halogens is 1. The lowest BCUT2D eigenvalue weighted by molar-refractivity contribution is 0.271. The first-order valence-corrected chi connectivity index (χ1v) is 9.05. The standard InChI is InChI=1S/C13H25ClN4O2S/c1-5-18(12(2)10-16(3)4)21(19,20)13-9-15-17(11-13)8-6-7-14/h9,11-12H,5-8,10H2,1-4H3. The molecule has 0 aliphatic rings. The molecule has 1 heterocycles. The van der Waals surface area contributed by atoms with Crippen molar-refractivity contribution >= 4 is 21.6 Å². The normalized spacial score (nSPS) is 14.0. The molecule has 0 aromatic carbocycles. The summed E-state index contributed by atoms with van der Waals surface area (Å²) in [5.74, 6) is 0.531. The number of aromatic nitrogens is 2. The fourth-order valence-corrected chi connectivity index (χ4v) is 4.00.